The Morgan fingerprint density at radius 2 is 1.94 bits per heavy atom. The molecule has 0 fully saturated rings. The number of nitrogens with zero attached hydrogens (tertiary/aromatic N) is 2. The lowest BCUT2D eigenvalue weighted by atomic mass is 10.00. The molecule has 0 bridgehead atoms. The second-order valence-corrected chi connectivity index (χ2v) is 10.3. The first-order valence-corrected chi connectivity index (χ1v) is 13.2. The number of halogens is 1. The molecule has 0 aliphatic carbocycles. The van der Waals surface area contributed by atoms with Gasteiger partial charge in [0.2, 0.25) is 5.91 Å². The van der Waals surface area contributed by atoms with Crippen molar-refractivity contribution in [2.24, 2.45) is 0 Å². The molecule has 184 valence electrons. The van der Waals surface area contributed by atoms with Crippen LogP contribution in [0.1, 0.15) is 51.3 Å². The van der Waals surface area contributed by atoms with Crippen LogP contribution in [-0.2, 0) is 11.2 Å². The first-order valence-electron chi connectivity index (χ1n) is 12.0. The normalized spacial score (nSPS) is 15.0. The van der Waals surface area contributed by atoms with Crippen molar-refractivity contribution in [3.05, 3.63) is 86.1 Å². The molecule has 0 N–H and O–H groups in total. The highest BCUT2D eigenvalue weighted by Crippen LogP contribution is 2.34. The van der Waals surface area contributed by atoms with Gasteiger partial charge in [0.1, 0.15) is 18.9 Å². The Bertz CT molecular complexity index is 1210. The van der Waals surface area contributed by atoms with Crippen molar-refractivity contribution in [3.8, 4) is 5.75 Å². The van der Waals surface area contributed by atoms with E-state index in [9.17, 15) is 9.59 Å². The van der Waals surface area contributed by atoms with Crippen molar-refractivity contribution >= 4 is 34.8 Å². The fourth-order valence-corrected chi connectivity index (χ4v) is 5.56. The monoisotopic (exact) mass is 510 g/mol. The minimum Gasteiger partial charge on any atom is -0.491 e. The maximum atomic E-state index is 13.6. The molecule has 1 unspecified atom stereocenters. The van der Waals surface area contributed by atoms with Crippen LogP contribution < -0.4 is 4.74 Å². The Morgan fingerprint density at radius 1 is 1.14 bits per heavy atom. The summed E-state index contributed by atoms with van der Waals surface area (Å²) < 4.78 is 6.14. The van der Waals surface area contributed by atoms with Crippen molar-refractivity contribution in [1.82, 2.24) is 9.80 Å². The molecule has 0 saturated carbocycles. The van der Waals surface area contributed by atoms with Gasteiger partial charge in [0.05, 0.1) is 6.04 Å². The fraction of sp³-hybridized carbons (Fsp3) is 0.357. The van der Waals surface area contributed by atoms with E-state index in [1.165, 1.54) is 4.88 Å². The molecule has 0 saturated heterocycles. The zero-order chi connectivity index (χ0) is 24.9. The molecule has 1 aliphatic heterocycles. The molecular formula is C28H31ClN2O3S. The molecule has 2 heterocycles. The van der Waals surface area contributed by atoms with Crippen LogP contribution in [0.3, 0.4) is 0 Å². The van der Waals surface area contributed by atoms with Gasteiger partial charge < -0.3 is 14.5 Å². The Labute approximate surface area is 216 Å². The van der Waals surface area contributed by atoms with E-state index in [1.807, 2.05) is 68.1 Å². The van der Waals surface area contributed by atoms with Crippen molar-refractivity contribution in [2.75, 3.05) is 26.2 Å². The maximum Gasteiger partial charge on any atom is 0.254 e. The quantitative estimate of drug-likeness (QED) is 0.369. The third kappa shape index (κ3) is 5.71. The molecule has 3 aromatic rings. The Morgan fingerprint density at radius 3 is 2.69 bits per heavy atom. The zero-order valence-corrected chi connectivity index (χ0v) is 22.0. The average Bonchev–Trinajstić information content (AvgIpc) is 3.33. The first kappa shape index (κ1) is 25.3. The van der Waals surface area contributed by atoms with Gasteiger partial charge in [0.25, 0.3) is 5.91 Å². The van der Waals surface area contributed by atoms with Crippen LogP contribution in [0.2, 0.25) is 5.02 Å². The number of carbonyl (C=O) groups excluding carboxylic acids is 2. The van der Waals surface area contributed by atoms with Gasteiger partial charge in [-0.2, -0.15) is 0 Å². The summed E-state index contributed by atoms with van der Waals surface area (Å²) in [6, 6.07) is 15.0. The molecule has 35 heavy (non-hydrogen) atoms. The lowest BCUT2D eigenvalue weighted by Crippen LogP contribution is -2.48. The van der Waals surface area contributed by atoms with E-state index in [0.29, 0.717) is 30.3 Å². The highest BCUT2D eigenvalue weighted by atomic mass is 35.5. The third-order valence-corrected chi connectivity index (χ3v) is 7.86. The van der Waals surface area contributed by atoms with Gasteiger partial charge in [-0.05, 0) is 79.1 Å². The van der Waals surface area contributed by atoms with Gasteiger partial charge >= 0.3 is 0 Å². The molecule has 1 aromatic heterocycles. The summed E-state index contributed by atoms with van der Waals surface area (Å²) in [7, 11) is 0. The van der Waals surface area contributed by atoms with Crippen LogP contribution >= 0.6 is 22.9 Å². The summed E-state index contributed by atoms with van der Waals surface area (Å²) in [6.45, 7) is 7.42. The second-order valence-electron chi connectivity index (χ2n) is 8.92. The molecule has 0 radical (unpaired) electrons. The summed E-state index contributed by atoms with van der Waals surface area (Å²) >= 11 is 7.88. The predicted molar refractivity (Wildman–Crippen MR) is 142 cm³/mol. The van der Waals surface area contributed by atoms with E-state index in [0.717, 1.165) is 35.3 Å². The predicted octanol–water partition coefficient (Wildman–Crippen LogP) is 6.08. The summed E-state index contributed by atoms with van der Waals surface area (Å²) in [6.07, 6.45) is 1.59. The van der Waals surface area contributed by atoms with Crippen LogP contribution in [0, 0.1) is 13.8 Å². The second kappa shape index (κ2) is 11.3. The number of aryl methyl sites for hydroxylation is 2. The SMILES string of the molecule is CCCN(CC(=O)N1CCc2sccc2C1COc1ccc(Cl)c(C)c1)C(=O)c1ccccc1C. The van der Waals surface area contributed by atoms with Crippen molar-refractivity contribution in [2.45, 2.75) is 39.7 Å². The van der Waals surface area contributed by atoms with E-state index in [-0.39, 0.29) is 24.4 Å². The summed E-state index contributed by atoms with van der Waals surface area (Å²) in [5.41, 5.74) is 3.64. The van der Waals surface area contributed by atoms with E-state index in [4.69, 9.17) is 16.3 Å². The minimum absolute atomic E-state index is 0.0526. The number of rotatable bonds is 8. The van der Waals surface area contributed by atoms with Crippen molar-refractivity contribution in [3.63, 3.8) is 0 Å². The summed E-state index contributed by atoms with van der Waals surface area (Å²) in [5.74, 6) is 0.568. The largest absolute Gasteiger partial charge is 0.491 e. The number of ether oxygens (including phenoxy) is 1. The van der Waals surface area contributed by atoms with Gasteiger partial charge in [-0.15, -0.1) is 11.3 Å². The molecule has 7 heteroatoms. The number of carbonyl (C=O) groups is 2. The fourth-order valence-electron chi connectivity index (χ4n) is 4.52. The lowest BCUT2D eigenvalue weighted by Gasteiger charge is -2.37. The number of amides is 2. The molecule has 1 atom stereocenters. The highest BCUT2D eigenvalue weighted by molar-refractivity contribution is 7.10. The van der Waals surface area contributed by atoms with Crippen molar-refractivity contribution < 1.29 is 14.3 Å². The minimum atomic E-state index is -0.203. The van der Waals surface area contributed by atoms with E-state index in [2.05, 4.69) is 11.4 Å². The molecule has 5 nitrogen and oxygen atoms in total. The van der Waals surface area contributed by atoms with E-state index in [1.54, 1.807) is 16.2 Å². The Kier molecular flexibility index (Phi) is 8.14. The number of benzene rings is 2. The number of thiophene rings is 1. The van der Waals surface area contributed by atoms with Crippen LogP contribution in [0.4, 0.5) is 0 Å². The Hall–Kier alpha value is -2.83. The smallest absolute Gasteiger partial charge is 0.254 e. The molecule has 1 aliphatic rings. The van der Waals surface area contributed by atoms with Gasteiger partial charge in [-0.25, -0.2) is 0 Å². The molecule has 4 rings (SSSR count). The van der Waals surface area contributed by atoms with Gasteiger partial charge in [-0.3, -0.25) is 9.59 Å². The molecule has 0 spiro atoms. The Balaban J connectivity index is 1.53. The number of hydrogen-bond acceptors (Lipinski definition) is 4. The zero-order valence-electron chi connectivity index (χ0n) is 20.4. The number of hydrogen-bond donors (Lipinski definition) is 0. The molecule has 2 aromatic carbocycles. The lowest BCUT2D eigenvalue weighted by molar-refractivity contribution is -0.135. The molecular weight excluding hydrogens is 480 g/mol. The standard InChI is InChI=1S/C28H31ClN2O3S/c1-4-13-30(28(33)22-8-6-5-7-19(22)2)17-27(32)31-14-11-26-23(12-15-35-26)25(31)18-34-21-9-10-24(29)20(3)16-21/h5-10,12,15-16,25H,4,11,13-14,17-18H2,1-3H3. The van der Waals surface area contributed by atoms with Gasteiger partial charge in [0, 0.05) is 28.6 Å². The highest BCUT2D eigenvalue weighted by Gasteiger charge is 2.33. The van der Waals surface area contributed by atoms with Crippen molar-refractivity contribution in [1.29, 1.82) is 0 Å². The van der Waals surface area contributed by atoms with Gasteiger partial charge in [-0.1, -0.05) is 36.7 Å². The van der Waals surface area contributed by atoms with Crippen LogP contribution in [0.25, 0.3) is 0 Å². The van der Waals surface area contributed by atoms with Crippen LogP contribution in [0.15, 0.2) is 53.9 Å². The summed E-state index contributed by atoms with van der Waals surface area (Å²) in [4.78, 5) is 31.8. The molecule has 2 amide bonds. The van der Waals surface area contributed by atoms with Crippen LogP contribution in [-0.4, -0.2) is 47.9 Å². The van der Waals surface area contributed by atoms with Gasteiger partial charge in [0.15, 0.2) is 0 Å². The first-order chi connectivity index (χ1) is 16.9. The topological polar surface area (TPSA) is 49.9 Å². The summed E-state index contributed by atoms with van der Waals surface area (Å²) in [5, 5.41) is 2.77. The average molecular weight is 511 g/mol. The maximum absolute atomic E-state index is 13.6. The van der Waals surface area contributed by atoms with E-state index >= 15 is 0 Å². The third-order valence-electron chi connectivity index (χ3n) is 6.43. The van der Waals surface area contributed by atoms with E-state index < -0.39 is 0 Å². The van der Waals surface area contributed by atoms with Crippen LogP contribution in [0.5, 0.6) is 5.75 Å². The number of fused-ring (bicyclic) bond motifs is 1.